The van der Waals surface area contributed by atoms with E-state index in [1.807, 2.05) is 0 Å². The van der Waals surface area contributed by atoms with Crippen LogP contribution in [0, 0.1) is 0 Å². The van der Waals surface area contributed by atoms with Gasteiger partial charge in [0.15, 0.2) is 5.76 Å². The van der Waals surface area contributed by atoms with Gasteiger partial charge in [0.25, 0.3) is 5.91 Å². The number of hydrogen-bond donors (Lipinski definition) is 0. The van der Waals surface area contributed by atoms with Gasteiger partial charge in [-0.3, -0.25) is 9.78 Å². The van der Waals surface area contributed by atoms with E-state index >= 15 is 0 Å². The van der Waals surface area contributed by atoms with E-state index in [0.29, 0.717) is 5.69 Å². The largest absolute Gasteiger partial charge is 0.470 e. The lowest BCUT2D eigenvalue weighted by Gasteiger charge is -2.27. The maximum Gasteiger partial charge on any atom is 0.289 e. The average molecular weight is 426 g/mol. The molecule has 10 heteroatoms. The molecule has 0 bridgehead atoms. The van der Waals surface area contributed by atoms with Gasteiger partial charge in [-0.05, 0) is 36.4 Å². The number of pyridine rings is 2. The molecule has 9 nitrogen and oxygen atoms in total. The summed E-state index contributed by atoms with van der Waals surface area (Å²) < 4.78 is 39.7. The van der Waals surface area contributed by atoms with Gasteiger partial charge in [-0.15, -0.1) is 0 Å². The second-order valence-electron chi connectivity index (χ2n) is 7.09. The molecule has 0 N–H and O–H groups in total. The molecule has 0 unspecified atom stereocenters. The molecule has 0 spiro atoms. The highest BCUT2D eigenvalue weighted by Gasteiger charge is 2.49. The lowest BCUT2D eigenvalue weighted by molar-refractivity contribution is 0.0738. The molecule has 3 aromatic heterocycles. The van der Waals surface area contributed by atoms with Crippen molar-refractivity contribution in [1.29, 1.82) is 0 Å². The summed E-state index contributed by atoms with van der Waals surface area (Å²) in [5.74, 6) is -0.0689. The first kappa shape index (κ1) is 18.8. The minimum absolute atomic E-state index is 0.0132. The van der Waals surface area contributed by atoms with Gasteiger partial charge in [0, 0.05) is 18.9 Å². The van der Waals surface area contributed by atoms with Gasteiger partial charge in [0.05, 0.1) is 31.1 Å². The Balaban J connectivity index is 1.55. The predicted molar refractivity (Wildman–Crippen MR) is 104 cm³/mol. The van der Waals surface area contributed by atoms with E-state index in [1.54, 1.807) is 47.5 Å². The molecular formula is C20H18N4O5S. The minimum Gasteiger partial charge on any atom is -0.470 e. The number of amides is 1. The summed E-state index contributed by atoms with van der Waals surface area (Å²) in [5.41, 5.74) is 0.600. The fraction of sp³-hybridized carbons (Fsp3) is 0.250. The third-order valence-corrected chi connectivity index (χ3v) is 7.14. The fourth-order valence-electron chi connectivity index (χ4n) is 3.83. The van der Waals surface area contributed by atoms with Crippen LogP contribution in [0.5, 0.6) is 5.88 Å². The molecule has 2 aliphatic heterocycles. The highest BCUT2D eigenvalue weighted by atomic mass is 32.2. The van der Waals surface area contributed by atoms with Gasteiger partial charge < -0.3 is 14.1 Å². The Labute approximate surface area is 173 Å². The molecule has 0 radical (unpaired) electrons. The zero-order valence-corrected chi connectivity index (χ0v) is 16.6. The first-order chi connectivity index (χ1) is 14.5. The highest BCUT2D eigenvalue weighted by Crippen LogP contribution is 2.35. The van der Waals surface area contributed by atoms with Gasteiger partial charge in [-0.2, -0.15) is 4.31 Å². The highest BCUT2D eigenvalue weighted by molar-refractivity contribution is 7.89. The number of nitrogens with zero attached hydrogens (tertiary/aromatic N) is 4. The van der Waals surface area contributed by atoms with Crippen LogP contribution < -0.4 is 4.74 Å². The van der Waals surface area contributed by atoms with Crippen molar-refractivity contribution in [2.45, 2.75) is 23.6 Å². The lowest BCUT2D eigenvalue weighted by Crippen LogP contribution is -2.46. The second kappa shape index (κ2) is 7.22. The molecule has 1 fully saturated rings. The summed E-state index contributed by atoms with van der Waals surface area (Å²) in [7, 11) is -3.93. The smallest absolute Gasteiger partial charge is 0.289 e. The summed E-state index contributed by atoms with van der Waals surface area (Å²) in [6, 6.07) is 11.0. The standard InChI is InChI=1S/C20H18N4O5S/c25-20(16-6-4-10-28-16)23-12-15-17(13-23)29-19-18(7-3-9-22-19)30(26,27)24(15)11-14-5-1-2-8-21-14/h1-10,15,17H,11-13H2/t15-,17-/m1/s1. The van der Waals surface area contributed by atoms with Crippen molar-refractivity contribution in [2.24, 2.45) is 0 Å². The maximum atomic E-state index is 13.5. The van der Waals surface area contributed by atoms with Crippen LogP contribution in [0.2, 0.25) is 0 Å². The zero-order valence-electron chi connectivity index (χ0n) is 15.8. The number of carbonyl (C=O) groups excluding carboxylic acids is 1. The van der Waals surface area contributed by atoms with Crippen LogP contribution in [-0.4, -0.2) is 58.7 Å². The van der Waals surface area contributed by atoms with Crippen molar-refractivity contribution in [3.63, 3.8) is 0 Å². The van der Waals surface area contributed by atoms with Crippen LogP contribution in [0.15, 0.2) is 70.4 Å². The monoisotopic (exact) mass is 426 g/mol. The van der Waals surface area contributed by atoms with Crippen LogP contribution in [0.1, 0.15) is 16.2 Å². The van der Waals surface area contributed by atoms with Gasteiger partial charge in [0.1, 0.15) is 11.0 Å². The average Bonchev–Trinajstić information content (AvgIpc) is 3.41. The summed E-state index contributed by atoms with van der Waals surface area (Å²) in [6.07, 6.45) is 3.96. The molecular weight excluding hydrogens is 408 g/mol. The molecule has 154 valence electrons. The van der Waals surface area contributed by atoms with E-state index in [2.05, 4.69) is 9.97 Å². The molecule has 3 aromatic rings. The number of carbonyl (C=O) groups is 1. The van der Waals surface area contributed by atoms with Gasteiger partial charge in [-0.25, -0.2) is 13.4 Å². The minimum atomic E-state index is -3.93. The Morgan fingerprint density at radius 3 is 2.70 bits per heavy atom. The number of fused-ring (bicyclic) bond motifs is 2. The number of sulfonamides is 1. The maximum absolute atomic E-state index is 13.5. The first-order valence-electron chi connectivity index (χ1n) is 9.40. The summed E-state index contributed by atoms with van der Waals surface area (Å²) in [5, 5.41) is 0. The molecule has 0 aromatic carbocycles. The Bertz CT molecular complexity index is 1170. The van der Waals surface area contributed by atoms with E-state index in [4.69, 9.17) is 9.15 Å². The van der Waals surface area contributed by atoms with E-state index in [0.717, 1.165) is 0 Å². The predicted octanol–water partition coefficient (Wildman–Crippen LogP) is 1.55. The van der Waals surface area contributed by atoms with Gasteiger partial charge in [0.2, 0.25) is 15.9 Å². The molecule has 5 heterocycles. The van der Waals surface area contributed by atoms with Crippen LogP contribution in [-0.2, 0) is 16.6 Å². The van der Waals surface area contributed by atoms with E-state index < -0.39 is 22.2 Å². The van der Waals surface area contributed by atoms with Crippen LogP contribution >= 0.6 is 0 Å². The molecule has 2 atom stereocenters. The molecule has 5 rings (SSSR count). The Morgan fingerprint density at radius 2 is 1.93 bits per heavy atom. The molecule has 2 aliphatic rings. The lowest BCUT2D eigenvalue weighted by atomic mass is 10.2. The molecule has 1 amide bonds. The van der Waals surface area contributed by atoms with Crippen molar-refractivity contribution < 1.29 is 22.4 Å². The summed E-state index contributed by atoms with van der Waals surface area (Å²) in [6.45, 7) is 0.448. The number of furan rings is 1. The first-order valence-corrected chi connectivity index (χ1v) is 10.8. The number of ether oxygens (including phenoxy) is 1. The van der Waals surface area contributed by atoms with Crippen molar-refractivity contribution in [2.75, 3.05) is 13.1 Å². The van der Waals surface area contributed by atoms with Crippen LogP contribution in [0.3, 0.4) is 0 Å². The number of likely N-dealkylation sites (tertiary alicyclic amines) is 1. The number of aromatic nitrogens is 2. The quantitative estimate of drug-likeness (QED) is 0.625. The number of rotatable bonds is 3. The van der Waals surface area contributed by atoms with Crippen LogP contribution in [0.4, 0.5) is 0 Å². The topological polar surface area (TPSA) is 106 Å². The van der Waals surface area contributed by atoms with Crippen molar-refractivity contribution in [3.05, 3.63) is 72.6 Å². The molecule has 0 saturated carbocycles. The molecule has 0 aliphatic carbocycles. The SMILES string of the molecule is O=C(c1ccco1)N1C[C@@H]2[C@@H](C1)Oc1ncccc1S(=O)(=O)N2Cc1ccccn1. The summed E-state index contributed by atoms with van der Waals surface area (Å²) >= 11 is 0. The van der Waals surface area contributed by atoms with Crippen molar-refractivity contribution in [1.82, 2.24) is 19.2 Å². The Kier molecular flexibility index (Phi) is 4.52. The Hall–Kier alpha value is -3.24. The van der Waals surface area contributed by atoms with E-state index in [9.17, 15) is 13.2 Å². The van der Waals surface area contributed by atoms with Crippen LogP contribution in [0.25, 0.3) is 0 Å². The van der Waals surface area contributed by atoms with Gasteiger partial charge >= 0.3 is 0 Å². The molecule has 30 heavy (non-hydrogen) atoms. The second-order valence-corrected chi connectivity index (χ2v) is 8.95. The third kappa shape index (κ3) is 3.14. The van der Waals surface area contributed by atoms with Gasteiger partial charge in [-0.1, -0.05) is 6.07 Å². The number of hydrogen-bond acceptors (Lipinski definition) is 7. The van der Waals surface area contributed by atoms with Crippen molar-refractivity contribution >= 4 is 15.9 Å². The Morgan fingerprint density at radius 1 is 1.07 bits per heavy atom. The third-order valence-electron chi connectivity index (χ3n) is 5.26. The van der Waals surface area contributed by atoms with E-state index in [1.165, 1.54) is 22.8 Å². The zero-order chi connectivity index (χ0) is 20.7. The normalized spacial score (nSPS) is 22.6. The summed E-state index contributed by atoms with van der Waals surface area (Å²) in [4.78, 5) is 22.8. The molecule has 1 saturated heterocycles. The fourth-order valence-corrected chi connectivity index (χ4v) is 5.52. The van der Waals surface area contributed by atoms with E-state index in [-0.39, 0.29) is 42.1 Å². The van der Waals surface area contributed by atoms with Crippen molar-refractivity contribution in [3.8, 4) is 5.88 Å².